The molecule has 0 aliphatic carbocycles. The zero-order chi connectivity index (χ0) is 11.6. The summed E-state index contributed by atoms with van der Waals surface area (Å²) in [5, 5.41) is 3.88. The smallest absolute Gasteiger partial charge is 0.244 e. The minimum Gasteiger partial charge on any atom is -0.329 e. The topological polar surface area (TPSA) is 90.0 Å². The summed E-state index contributed by atoms with van der Waals surface area (Å²) in [7, 11) is -1.80. The summed E-state index contributed by atoms with van der Waals surface area (Å²) in [4.78, 5) is 0.199. The third-order valence-electron chi connectivity index (χ3n) is 2.19. The number of halogens is 1. The summed E-state index contributed by atoms with van der Waals surface area (Å²) < 4.78 is 27.6. The average molecular weight is 269 g/mol. The number of nitrogens with zero attached hydrogens (tertiary/aromatic N) is 2. The molecule has 0 unspecified atom stereocenters. The zero-order valence-corrected chi connectivity index (χ0v) is 11.1. The molecular formula is C8H17ClN4O2S. The Labute approximate surface area is 102 Å². The van der Waals surface area contributed by atoms with Crippen LogP contribution in [0, 0.1) is 6.92 Å². The van der Waals surface area contributed by atoms with Crippen molar-refractivity contribution in [1.82, 2.24) is 14.5 Å². The van der Waals surface area contributed by atoms with Crippen molar-refractivity contribution < 1.29 is 8.42 Å². The van der Waals surface area contributed by atoms with Gasteiger partial charge in [0.1, 0.15) is 4.90 Å². The van der Waals surface area contributed by atoms with Crippen LogP contribution in [0.15, 0.2) is 11.1 Å². The highest BCUT2D eigenvalue weighted by molar-refractivity contribution is 7.89. The highest BCUT2D eigenvalue weighted by Crippen LogP contribution is 2.12. The van der Waals surface area contributed by atoms with Gasteiger partial charge in [0.05, 0.1) is 11.9 Å². The molecule has 0 saturated heterocycles. The lowest BCUT2D eigenvalue weighted by Crippen LogP contribution is -2.37. The van der Waals surface area contributed by atoms with Crippen LogP contribution in [-0.2, 0) is 17.1 Å². The molecule has 1 aromatic heterocycles. The van der Waals surface area contributed by atoms with Crippen LogP contribution in [0.1, 0.15) is 12.6 Å². The molecule has 0 amide bonds. The van der Waals surface area contributed by atoms with Gasteiger partial charge in [-0.15, -0.1) is 12.4 Å². The van der Waals surface area contributed by atoms with Crippen LogP contribution in [0.25, 0.3) is 0 Å². The third-order valence-corrected chi connectivity index (χ3v) is 3.88. The monoisotopic (exact) mass is 268 g/mol. The van der Waals surface area contributed by atoms with Crippen LogP contribution in [0.2, 0.25) is 0 Å². The van der Waals surface area contributed by atoms with E-state index in [0.717, 1.165) is 0 Å². The molecular weight excluding hydrogens is 252 g/mol. The average Bonchev–Trinajstić information content (AvgIpc) is 2.47. The molecule has 0 spiro atoms. The molecule has 0 radical (unpaired) electrons. The number of nitrogens with two attached hydrogens (primary N) is 1. The Balaban J connectivity index is 0.00000225. The van der Waals surface area contributed by atoms with Crippen LogP contribution in [0.4, 0.5) is 0 Å². The maximum absolute atomic E-state index is 11.8. The Morgan fingerprint density at radius 3 is 2.56 bits per heavy atom. The van der Waals surface area contributed by atoms with Gasteiger partial charge in [0.15, 0.2) is 0 Å². The number of nitrogens with one attached hydrogen (secondary N) is 1. The first-order chi connectivity index (χ1) is 6.88. The first kappa shape index (κ1) is 15.4. The summed E-state index contributed by atoms with van der Waals surface area (Å²) in [5.74, 6) is 0. The quantitative estimate of drug-likeness (QED) is 0.790. The number of hydrogen-bond acceptors (Lipinski definition) is 4. The minimum atomic E-state index is -3.49. The number of rotatable bonds is 4. The van der Waals surface area contributed by atoms with Crippen molar-refractivity contribution in [2.75, 3.05) is 6.54 Å². The van der Waals surface area contributed by atoms with Gasteiger partial charge in [-0.1, -0.05) is 0 Å². The summed E-state index contributed by atoms with van der Waals surface area (Å²) in [5.41, 5.74) is 5.96. The molecule has 0 bridgehead atoms. The SMILES string of the molecule is Cc1c(S(=O)(=O)N[C@@H](C)CN)cnn1C.Cl. The highest BCUT2D eigenvalue weighted by atomic mass is 35.5. The number of sulfonamides is 1. The van der Waals surface area contributed by atoms with Crippen molar-refractivity contribution in [3.05, 3.63) is 11.9 Å². The fourth-order valence-electron chi connectivity index (χ4n) is 1.12. The van der Waals surface area contributed by atoms with E-state index in [1.165, 1.54) is 10.9 Å². The van der Waals surface area contributed by atoms with Crippen LogP contribution in [0.3, 0.4) is 0 Å². The minimum absolute atomic E-state index is 0. The van der Waals surface area contributed by atoms with Crippen LogP contribution in [0.5, 0.6) is 0 Å². The molecule has 1 aromatic rings. The van der Waals surface area contributed by atoms with Gasteiger partial charge in [0.2, 0.25) is 10.0 Å². The second-order valence-electron chi connectivity index (χ2n) is 3.48. The largest absolute Gasteiger partial charge is 0.329 e. The Bertz CT molecular complexity index is 443. The molecule has 0 saturated carbocycles. The van der Waals surface area contributed by atoms with Gasteiger partial charge < -0.3 is 5.73 Å². The van der Waals surface area contributed by atoms with E-state index in [9.17, 15) is 8.42 Å². The zero-order valence-electron chi connectivity index (χ0n) is 9.47. The summed E-state index contributed by atoms with van der Waals surface area (Å²) >= 11 is 0. The highest BCUT2D eigenvalue weighted by Gasteiger charge is 2.21. The van der Waals surface area contributed by atoms with Gasteiger partial charge in [0, 0.05) is 19.6 Å². The van der Waals surface area contributed by atoms with Crippen LogP contribution < -0.4 is 10.5 Å². The van der Waals surface area contributed by atoms with E-state index < -0.39 is 10.0 Å². The van der Waals surface area contributed by atoms with E-state index in [2.05, 4.69) is 9.82 Å². The number of aryl methyl sites for hydroxylation is 1. The van der Waals surface area contributed by atoms with Gasteiger partial charge in [-0.3, -0.25) is 4.68 Å². The first-order valence-electron chi connectivity index (χ1n) is 4.59. The second-order valence-corrected chi connectivity index (χ2v) is 5.16. The summed E-state index contributed by atoms with van der Waals surface area (Å²) in [6.07, 6.45) is 1.33. The van der Waals surface area contributed by atoms with Crippen molar-refractivity contribution >= 4 is 22.4 Å². The lowest BCUT2D eigenvalue weighted by atomic mass is 10.4. The molecule has 1 rings (SSSR count). The molecule has 1 heterocycles. The lowest BCUT2D eigenvalue weighted by molar-refractivity contribution is 0.561. The van der Waals surface area contributed by atoms with Crippen molar-refractivity contribution in [1.29, 1.82) is 0 Å². The van der Waals surface area contributed by atoms with E-state index >= 15 is 0 Å². The van der Waals surface area contributed by atoms with Crippen LogP contribution >= 0.6 is 12.4 Å². The van der Waals surface area contributed by atoms with Crippen molar-refractivity contribution in [3.63, 3.8) is 0 Å². The summed E-state index contributed by atoms with van der Waals surface area (Å²) in [6.45, 7) is 3.68. The molecule has 0 aromatic carbocycles. The Hall–Kier alpha value is -0.630. The fourth-order valence-corrected chi connectivity index (χ4v) is 2.58. The van der Waals surface area contributed by atoms with E-state index in [4.69, 9.17) is 5.73 Å². The standard InChI is InChI=1S/C8H16N4O2S.ClH/c1-6(4-9)11-15(13,14)8-5-10-12(3)7(8)2;/h5-6,11H,4,9H2,1-3H3;1H/t6-;/m0./s1. The first-order valence-corrected chi connectivity index (χ1v) is 6.07. The molecule has 94 valence electrons. The van der Waals surface area contributed by atoms with Gasteiger partial charge in [-0.05, 0) is 13.8 Å². The molecule has 6 nitrogen and oxygen atoms in total. The molecule has 16 heavy (non-hydrogen) atoms. The van der Waals surface area contributed by atoms with Gasteiger partial charge in [-0.25, -0.2) is 13.1 Å². The van der Waals surface area contributed by atoms with Crippen molar-refractivity contribution in [2.45, 2.75) is 24.8 Å². The molecule has 0 aliphatic rings. The van der Waals surface area contributed by atoms with Crippen LogP contribution in [-0.4, -0.2) is 30.8 Å². The molecule has 0 fully saturated rings. The van der Waals surface area contributed by atoms with Gasteiger partial charge in [-0.2, -0.15) is 5.10 Å². The fraction of sp³-hybridized carbons (Fsp3) is 0.625. The van der Waals surface area contributed by atoms with E-state index in [0.29, 0.717) is 5.69 Å². The Kier molecular flexibility index (Phi) is 5.40. The predicted molar refractivity (Wildman–Crippen MR) is 64.0 cm³/mol. The maximum Gasteiger partial charge on any atom is 0.244 e. The van der Waals surface area contributed by atoms with Crippen molar-refractivity contribution in [2.24, 2.45) is 12.8 Å². The lowest BCUT2D eigenvalue weighted by Gasteiger charge is -2.11. The number of aromatic nitrogens is 2. The molecule has 8 heteroatoms. The van der Waals surface area contributed by atoms with Crippen molar-refractivity contribution in [3.8, 4) is 0 Å². The Morgan fingerprint density at radius 2 is 2.19 bits per heavy atom. The molecule has 3 N–H and O–H groups in total. The number of hydrogen-bond donors (Lipinski definition) is 2. The maximum atomic E-state index is 11.8. The predicted octanol–water partition coefficient (Wildman–Crippen LogP) is -0.224. The Morgan fingerprint density at radius 1 is 1.62 bits per heavy atom. The van der Waals surface area contributed by atoms with Gasteiger partial charge >= 0.3 is 0 Å². The third kappa shape index (κ3) is 3.18. The second kappa shape index (κ2) is 5.62. The normalized spacial score (nSPS) is 13.2. The van der Waals surface area contributed by atoms with E-state index in [1.54, 1.807) is 20.9 Å². The van der Waals surface area contributed by atoms with Gasteiger partial charge in [0.25, 0.3) is 0 Å². The summed E-state index contributed by atoms with van der Waals surface area (Å²) in [6, 6.07) is -0.283. The van der Waals surface area contributed by atoms with E-state index in [1.807, 2.05) is 0 Å². The molecule has 1 atom stereocenters. The van der Waals surface area contributed by atoms with E-state index in [-0.39, 0.29) is 29.9 Å². The molecule has 0 aliphatic heterocycles.